The molecule has 3 aromatic rings. The van der Waals surface area contributed by atoms with Crippen LogP contribution in [0.1, 0.15) is 37.7 Å². The summed E-state index contributed by atoms with van der Waals surface area (Å²) >= 11 is 1.33. The first-order valence-corrected chi connectivity index (χ1v) is 16.9. The van der Waals surface area contributed by atoms with Crippen molar-refractivity contribution in [2.24, 2.45) is 11.3 Å². The first-order valence-electron chi connectivity index (χ1n) is 16.0. The van der Waals surface area contributed by atoms with Crippen LogP contribution in [0.4, 0.5) is 9.52 Å². The Labute approximate surface area is 272 Å². The molecule has 0 aliphatic carbocycles. The highest BCUT2D eigenvalue weighted by Gasteiger charge is 2.41. The lowest BCUT2D eigenvalue weighted by molar-refractivity contribution is -0.140. The number of carbonyl (C=O) groups excluding carboxylic acids is 3. The van der Waals surface area contributed by atoms with E-state index >= 15 is 0 Å². The summed E-state index contributed by atoms with van der Waals surface area (Å²) in [6.45, 7) is 2.55. The minimum Gasteiger partial charge on any atom is -0.381 e. The minimum atomic E-state index is -0.694. The molecule has 11 heteroatoms. The number of nitrogens with zero attached hydrogens (tertiary/aromatic N) is 2. The van der Waals surface area contributed by atoms with Crippen LogP contribution in [0.25, 0.3) is 11.3 Å². The Morgan fingerprint density at radius 1 is 1.07 bits per heavy atom. The van der Waals surface area contributed by atoms with Crippen LogP contribution in [0.15, 0.2) is 72.1 Å². The summed E-state index contributed by atoms with van der Waals surface area (Å²) in [4.78, 5) is 47.2. The Bertz CT molecular complexity index is 1540. The van der Waals surface area contributed by atoms with Crippen LogP contribution in [0, 0.1) is 17.2 Å². The quantitative estimate of drug-likeness (QED) is 0.339. The molecule has 3 aliphatic rings. The number of benzene rings is 2. The number of halogens is 1. The van der Waals surface area contributed by atoms with Crippen molar-refractivity contribution in [3.8, 4) is 11.3 Å². The molecule has 6 rings (SSSR count). The molecule has 2 fully saturated rings. The van der Waals surface area contributed by atoms with Crippen LogP contribution in [-0.2, 0) is 25.5 Å². The summed E-state index contributed by atoms with van der Waals surface area (Å²) in [5.41, 5.74) is 1.84. The van der Waals surface area contributed by atoms with Crippen LogP contribution in [0.3, 0.4) is 0 Å². The third-order valence-electron chi connectivity index (χ3n) is 9.35. The highest BCUT2D eigenvalue weighted by Crippen LogP contribution is 2.36. The van der Waals surface area contributed by atoms with E-state index < -0.39 is 11.5 Å². The van der Waals surface area contributed by atoms with E-state index in [1.54, 1.807) is 12.1 Å². The van der Waals surface area contributed by atoms with Crippen molar-refractivity contribution >= 4 is 34.2 Å². The zero-order valence-electron chi connectivity index (χ0n) is 25.8. The number of likely N-dealkylation sites (tertiary alicyclic amines) is 1. The number of anilines is 1. The number of hydrogen-bond donors (Lipinski definition) is 3. The van der Waals surface area contributed by atoms with E-state index in [-0.39, 0.29) is 42.0 Å². The maximum atomic E-state index is 13.8. The zero-order chi connectivity index (χ0) is 31.9. The minimum absolute atomic E-state index is 0.0830. The smallest absolute Gasteiger partial charge is 0.243 e. The lowest BCUT2D eigenvalue weighted by Gasteiger charge is -2.40. The maximum Gasteiger partial charge on any atom is 0.243 e. The van der Waals surface area contributed by atoms with E-state index in [4.69, 9.17) is 4.74 Å². The topological polar surface area (TPSA) is 113 Å². The number of aromatic nitrogens is 1. The molecule has 2 saturated heterocycles. The summed E-state index contributed by atoms with van der Waals surface area (Å²) in [6, 6.07) is 15.1. The van der Waals surface area contributed by atoms with E-state index in [2.05, 4.69) is 38.0 Å². The van der Waals surface area contributed by atoms with Gasteiger partial charge < -0.3 is 20.7 Å². The molecule has 9 nitrogen and oxygen atoms in total. The van der Waals surface area contributed by atoms with Gasteiger partial charge in [0.15, 0.2) is 5.13 Å². The highest BCUT2D eigenvalue weighted by molar-refractivity contribution is 7.14. The number of hydrogen-bond acceptors (Lipinski definition) is 7. The molecule has 2 aromatic carbocycles. The first-order chi connectivity index (χ1) is 22.4. The fourth-order valence-electron chi connectivity index (χ4n) is 6.65. The summed E-state index contributed by atoms with van der Waals surface area (Å²) in [6.07, 6.45) is 7.90. The van der Waals surface area contributed by atoms with Gasteiger partial charge in [-0.1, -0.05) is 42.5 Å². The second-order valence-electron chi connectivity index (χ2n) is 12.5. The number of allylic oxidation sites excluding steroid dienone is 2. The fourth-order valence-corrected chi connectivity index (χ4v) is 7.38. The number of thiazole rings is 1. The first kappa shape index (κ1) is 32.0. The van der Waals surface area contributed by atoms with Crippen molar-refractivity contribution in [2.45, 2.75) is 50.6 Å². The lowest BCUT2D eigenvalue weighted by atomic mass is 9.75. The lowest BCUT2D eigenvalue weighted by Crippen LogP contribution is -2.58. The van der Waals surface area contributed by atoms with Gasteiger partial charge in [0.05, 0.1) is 17.7 Å². The van der Waals surface area contributed by atoms with Crippen molar-refractivity contribution < 1.29 is 23.5 Å². The Hall–Kier alpha value is -3.93. The molecule has 3 aliphatic heterocycles. The van der Waals surface area contributed by atoms with E-state index in [9.17, 15) is 18.8 Å². The predicted octanol–water partition coefficient (Wildman–Crippen LogP) is 4.57. The second kappa shape index (κ2) is 14.7. The molecular weight excluding hydrogens is 605 g/mol. The summed E-state index contributed by atoms with van der Waals surface area (Å²) in [5, 5.41) is 11.7. The van der Waals surface area contributed by atoms with Gasteiger partial charge in [-0.25, -0.2) is 9.37 Å². The largest absolute Gasteiger partial charge is 0.381 e. The standard InChI is InChI=1S/C35H40FN5O4S/c36-27-11-9-25(10-12-27)30-23-46-34(39-30)40-31(42)22-41-17-13-28-26(21-41)8-4-5-14-35(15-18-45-19-16-35)33(44)38-29(32(43)37-28)20-24-6-2-1-3-7-24/h1-7,9-12,23,26,28-29H,8,13-22H2,(H,37,43)(H,38,44)(H,39,40,42)/b5-4+/t26-,28+,29+/m1/s1. The number of fused-ring (bicyclic) bond motifs is 1. The Balaban J connectivity index is 1.13. The van der Waals surface area contributed by atoms with E-state index in [1.165, 1.54) is 23.5 Å². The number of rotatable bonds is 6. The molecule has 3 N–H and O–H groups in total. The molecule has 0 saturated carbocycles. The van der Waals surface area contributed by atoms with Gasteiger partial charge in [-0.2, -0.15) is 0 Å². The molecule has 1 aromatic heterocycles. The average Bonchev–Trinajstić information content (AvgIpc) is 3.52. The van der Waals surface area contributed by atoms with Gasteiger partial charge >= 0.3 is 0 Å². The summed E-state index contributed by atoms with van der Waals surface area (Å²) in [7, 11) is 0. The van der Waals surface area contributed by atoms with E-state index in [1.807, 2.05) is 35.7 Å². The van der Waals surface area contributed by atoms with Crippen molar-refractivity contribution in [3.05, 3.63) is 83.5 Å². The highest BCUT2D eigenvalue weighted by atomic mass is 32.1. The van der Waals surface area contributed by atoms with Gasteiger partial charge in [-0.05, 0) is 67.9 Å². The van der Waals surface area contributed by atoms with Crippen molar-refractivity contribution in [3.63, 3.8) is 0 Å². The Morgan fingerprint density at radius 2 is 1.85 bits per heavy atom. The summed E-state index contributed by atoms with van der Waals surface area (Å²) in [5.74, 6) is -0.622. The molecule has 1 spiro atoms. The van der Waals surface area contributed by atoms with Gasteiger partial charge in [-0.3, -0.25) is 19.3 Å². The molecule has 4 heterocycles. The Morgan fingerprint density at radius 3 is 2.63 bits per heavy atom. The predicted molar refractivity (Wildman–Crippen MR) is 176 cm³/mol. The molecule has 0 radical (unpaired) electrons. The Kier molecular flexibility index (Phi) is 10.2. The fraction of sp³-hybridized carbons (Fsp3) is 0.429. The second-order valence-corrected chi connectivity index (χ2v) is 13.4. The van der Waals surface area contributed by atoms with Gasteiger partial charge in [0, 0.05) is 49.7 Å². The van der Waals surface area contributed by atoms with Crippen LogP contribution < -0.4 is 16.0 Å². The van der Waals surface area contributed by atoms with Crippen molar-refractivity contribution in [2.75, 3.05) is 38.2 Å². The third kappa shape index (κ3) is 7.89. The summed E-state index contributed by atoms with van der Waals surface area (Å²) < 4.78 is 18.9. The molecule has 3 amide bonds. The van der Waals surface area contributed by atoms with Gasteiger partial charge in [0.25, 0.3) is 0 Å². The SMILES string of the molecule is O=C(CN1CC[C@@H]2NC(=O)[C@H](Cc3ccccc3)NC(=O)C3(C/C=C/C[C@@H]2C1)CCOCC3)Nc1nc(-c2ccc(F)cc2)cs1. The maximum absolute atomic E-state index is 13.8. The zero-order valence-corrected chi connectivity index (χ0v) is 26.6. The molecule has 242 valence electrons. The average molecular weight is 646 g/mol. The number of nitrogens with one attached hydrogen (secondary N) is 3. The van der Waals surface area contributed by atoms with E-state index in [0.29, 0.717) is 69.2 Å². The third-order valence-corrected chi connectivity index (χ3v) is 10.1. The number of ether oxygens (including phenoxy) is 1. The van der Waals surface area contributed by atoms with Gasteiger partial charge in [0.1, 0.15) is 11.9 Å². The van der Waals surface area contributed by atoms with Crippen LogP contribution in [-0.4, -0.2) is 72.5 Å². The van der Waals surface area contributed by atoms with Crippen LogP contribution >= 0.6 is 11.3 Å². The number of carbonyl (C=O) groups is 3. The molecule has 46 heavy (non-hydrogen) atoms. The molecule has 3 atom stereocenters. The van der Waals surface area contributed by atoms with Crippen molar-refractivity contribution in [1.82, 2.24) is 20.5 Å². The van der Waals surface area contributed by atoms with E-state index in [0.717, 1.165) is 17.5 Å². The van der Waals surface area contributed by atoms with Crippen LogP contribution in [0.5, 0.6) is 0 Å². The normalized spacial score (nSPS) is 24.5. The monoisotopic (exact) mass is 645 g/mol. The van der Waals surface area contributed by atoms with Gasteiger partial charge in [0.2, 0.25) is 17.7 Å². The number of amides is 3. The number of piperidine rings is 1. The van der Waals surface area contributed by atoms with Gasteiger partial charge in [-0.15, -0.1) is 11.3 Å². The molecule has 0 bridgehead atoms. The van der Waals surface area contributed by atoms with Crippen LogP contribution in [0.2, 0.25) is 0 Å². The molecule has 0 unspecified atom stereocenters. The molecular formula is C35H40FN5O4S. The van der Waals surface area contributed by atoms with Crippen molar-refractivity contribution in [1.29, 1.82) is 0 Å².